The van der Waals surface area contributed by atoms with Gasteiger partial charge >= 0.3 is 0 Å². The number of aromatic nitrogens is 1. The van der Waals surface area contributed by atoms with Crippen molar-refractivity contribution in [2.75, 3.05) is 19.3 Å². The number of rotatable bonds is 4. The van der Waals surface area contributed by atoms with E-state index in [9.17, 15) is 5.21 Å². The van der Waals surface area contributed by atoms with E-state index in [1.54, 1.807) is 18.0 Å². The van der Waals surface area contributed by atoms with Gasteiger partial charge in [0.1, 0.15) is 5.75 Å². The molecule has 1 saturated heterocycles. The Balaban J connectivity index is 1.75. The molecule has 0 bridgehead atoms. The van der Waals surface area contributed by atoms with Crippen LogP contribution in [-0.4, -0.2) is 40.3 Å². The first kappa shape index (κ1) is 17.6. The molecule has 1 aliphatic rings. The average Bonchev–Trinajstić information content (AvgIpc) is 2.65. The molecule has 0 saturated carbocycles. The Morgan fingerprint density at radius 1 is 1.24 bits per heavy atom. The molecular formula is C19H23N3O2S. The van der Waals surface area contributed by atoms with Crippen LogP contribution < -0.4 is 4.74 Å². The van der Waals surface area contributed by atoms with E-state index in [4.69, 9.17) is 4.74 Å². The number of oxime groups is 1. The zero-order chi connectivity index (χ0) is 17.6. The Bertz CT molecular complexity index is 726. The Labute approximate surface area is 152 Å². The molecule has 0 atom stereocenters. The van der Waals surface area contributed by atoms with E-state index in [1.165, 1.54) is 4.90 Å². The maximum absolute atomic E-state index is 9.52. The number of amidine groups is 1. The van der Waals surface area contributed by atoms with Crippen molar-refractivity contribution in [3.63, 3.8) is 0 Å². The van der Waals surface area contributed by atoms with E-state index in [2.05, 4.69) is 22.0 Å². The first-order chi connectivity index (χ1) is 12.2. The molecule has 1 N–H and O–H groups in total. The molecule has 3 rings (SSSR count). The number of thioether (sulfide) groups is 1. The molecule has 6 heteroatoms. The quantitative estimate of drug-likeness (QED) is 0.288. The third kappa shape index (κ3) is 4.45. The highest BCUT2D eigenvalue weighted by molar-refractivity contribution is 7.98. The predicted molar refractivity (Wildman–Crippen MR) is 101 cm³/mol. The van der Waals surface area contributed by atoms with Crippen molar-refractivity contribution in [2.45, 2.75) is 24.7 Å². The van der Waals surface area contributed by atoms with Crippen LogP contribution in [0.15, 0.2) is 52.6 Å². The largest absolute Gasteiger partial charge is 0.439 e. The van der Waals surface area contributed by atoms with Crippen LogP contribution in [-0.2, 0) is 0 Å². The first-order valence-electron chi connectivity index (χ1n) is 8.45. The van der Waals surface area contributed by atoms with Gasteiger partial charge in [-0.15, -0.1) is 11.8 Å². The predicted octanol–water partition coefficient (Wildman–Crippen LogP) is 4.46. The minimum Gasteiger partial charge on any atom is -0.439 e. The summed E-state index contributed by atoms with van der Waals surface area (Å²) >= 11 is 1.69. The van der Waals surface area contributed by atoms with Crippen molar-refractivity contribution >= 4 is 17.6 Å². The van der Waals surface area contributed by atoms with Gasteiger partial charge in [-0.1, -0.05) is 12.1 Å². The minimum atomic E-state index is 0.487. The number of ether oxygens (including phenoxy) is 1. The van der Waals surface area contributed by atoms with Gasteiger partial charge in [-0.3, -0.25) is 0 Å². The van der Waals surface area contributed by atoms with E-state index in [-0.39, 0.29) is 0 Å². The van der Waals surface area contributed by atoms with Crippen LogP contribution in [0.3, 0.4) is 0 Å². The molecule has 1 fully saturated rings. The Morgan fingerprint density at radius 2 is 1.96 bits per heavy atom. The van der Waals surface area contributed by atoms with Crippen LogP contribution in [0.4, 0.5) is 0 Å². The Kier molecular flexibility index (Phi) is 5.81. The SMILES string of the molecule is CSc1ccc(Oc2cc(/C(=N/O)N3CCC(C)CC3)ccn2)cc1. The van der Waals surface area contributed by atoms with Gasteiger partial charge in [0.25, 0.3) is 0 Å². The molecule has 0 spiro atoms. The lowest BCUT2D eigenvalue weighted by molar-refractivity contribution is 0.258. The molecule has 1 aromatic carbocycles. The van der Waals surface area contributed by atoms with Gasteiger partial charge in [-0.25, -0.2) is 4.98 Å². The van der Waals surface area contributed by atoms with E-state index >= 15 is 0 Å². The summed E-state index contributed by atoms with van der Waals surface area (Å²) in [5.74, 6) is 2.52. The van der Waals surface area contributed by atoms with Gasteiger partial charge in [0.05, 0.1) is 0 Å². The first-order valence-corrected chi connectivity index (χ1v) is 9.67. The number of nitrogens with zero attached hydrogens (tertiary/aromatic N) is 3. The molecule has 0 radical (unpaired) electrons. The van der Waals surface area contributed by atoms with Crippen LogP contribution in [0.2, 0.25) is 0 Å². The molecule has 0 amide bonds. The van der Waals surface area contributed by atoms with Crippen LogP contribution in [0.5, 0.6) is 11.6 Å². The van der Waals surface area contributed by atoms with Gasteiger partial charge < -0.3 is 14.8 Å². The van der Waals surface area contributed by atoms with Gasteiger partial charge in [0.15, 0.2) is 5.84 Å². The van der Waals surface area contributed by atoms with Crippen molar-refractivity contribution in [3.05, 3.63) is 48.2 Å². The molecule has 2 aromatic rings. The van der Waals surface area contributed by atoms with Crippen molar-refractivity contribution in [1.82, 2.24) is 9.88 Å². The zero-order valence-electron chi connectivity index (χ0n) is 14.6. The summed E-state index contributed by atoms with van der Waals surface area (Å²) in [6.07, 6.45) is 5.93. The van der Waals surface area contributed by atoms with Gasteiger partial charge in [0.2, 0.25) is 5.88 Å². The maximum Gasteiger partial charge on any atom is 0.219 e. The van der Waals surface area contributed by atoms with Crippen LogP contribution in [0.1, 0.15) is 25.3 Å². The van der Waals surface area contributed by atoms with Gasteiger partial charge in [-0.05, 0) is 55.3 Å². The second kappa shape index (κ2) is 8.25. The van der Waals surface area contributed by atoms with Crippen LogP contribution in [0.25, 0.3) is 0 Å². The number of benzene rings is 1. The number of pyridine rings is 1. The zero-order valence-corrected chi connectivity index (χ0v) is 15.4. The smallest absolute Gasteiger partial charge is 0.219 e. The third-order valence-corrected chi connectivity index (χ3v) is 5.20. The summed E-state index contributed by atoms with van der Waals surface area (Å²) in [7, 11) is 0. The van der Waals surface area contributed by atoms with Crippen molar-refractivity contribution in [2.24, 2.45) is 11.1 Å². The van der Waals surface area contributed by atoms with Gasteiger partial charge in [0, 0.05) is 35.8 Å². The second-order valence-electron chi connectivity index (χ2n) is 6.25. The fourth-order valence-electron chi connectivity index (χ4n) is 2.89. The van der Waals surface area contributed by atoms with Crippen LogP contribution in [0, 0.1) is 5.92 Å². The van der Waals surface area contributed by atoms with Crippen molar-refractivity contribution in [3.8, 4) is 11.6 Å². The van der Waals surface area contributed by atoms with E-state index < -0.39 is 0 Å². The highest BCUT2D eigenvalue weighted by atomic mass is 32.2. The Morgan fingerprint density at radius 3 is 2.60 bits per heavy atom. The minimum absolute atomic E-state index is 0.487. The summed E-state index contributed by atoms with van der Waals surface area (Å²) in [5.41, 5.74) is 0.808. The molecular weight excluding hydrogens is 334 g/mol. The molecule has 132 valence electrons. The maximum atomic E-state index is 9.52. The number of hydrogen-bond acceptors (Lipinski definition) is 5. The summed E-state index contributed by atoms with van der Waals surface area (Å²) in [5, 5.41) is 13.1. The number of piperidine rings is 1. The molecule has 2 heterocycles. The standard InChI is InChI=1S/C19H23N3O2S/c1-14-8-11-22(12-9-14)19(21-23)15-7-10-20-18(13-15)24-16-3-5-17(25-2)6-4-16/h3-7,10,13-14,23H,8-9,11-12H2,1-2H3/b21-19-. The van der Waals surface area contributed by atoms with E-state index in [1.807, 2.05) is 42.7 Å². The lowest BCUT2D eigenvalue weighted by Crippen LogP contribution is -2.38. The number of hydrogen-bond donors (Lipinski definition) is 1. The summed E-state index contributed by atoms with van der Waals surface area (Å²) < 4.78 is 5.84. The number of likely N-dealkylation sites (tertiary alicyclic amines) is 1. The van der Waals surface area contributed by atoms with Crippen LogP contribution >= 0.6 is 11.8 Å². The third-order valence-electron chi connectivity index (χ3n) is 4.45. The topological polar surface area (TPSA) is 58.0 Å². The fraction of sp³-hybridized carbons (Fsp3) is 0.368. The molecule has 0 aliphatic carbocycles. The normalized spacial score (nSPS) is 16.1. The molecule has 1 aromatic heterocycles. The van der Waals surface area contributed by atoms with Crippen molar-refractivity contribution < 1.29 is 9.94 Å². The highest BCUT2D eigenvalue weighted by Crippen LogP contribution is 2.25. The fourth-order valence-corrected chi connectivity index (χ4v) is 3.30. The molecule has 0 unspecified atom stereocenters. The molecule has 25 heavy (non-hydrogen) atoms. The average molecular weight is 357 g/mol. The lowest BCUT2D eigenvalue weighted by atomic mass is 9.98. The van der Waals surface area contributed by atoms with Crippen molar-refractivity contribution in [1.29, 1.82) is 0 Å². The van der Waals surface area contributed by atoms with Gasteiger partial charge in [-0.2, -0.15) is 0 Å². The van der Waals surface area contributed by atoms with E-state index in [0.717, 1.165) is 43.2 Å². The summed E-state index contributed by atoms with van der Waals surface area (Å²) in [6, 6.07) is 11.5. The second-order valence-corrected chi connectivity index (χ2v) is 7.13. The van der Waals surface area contributed by atoms with E-state index in [0.29, 0.717) is 11.7 Å². The lowest BCUT2D eigenvalue weighted by Gasteiger charge is -2.32. The molecule has 5 nitrogen and oxygen atoms in total. The molecule has 1 aliphatic heterocycles. The summed E-state index contributed by atoms with van der Waals surface area (Å²) in [4.78, 5) is 7.57. The monoisotopic (exact) mass is 357 g/mol. The highest BCUT2D eigenvalue weighted by Gasteiger charge is 2.21. The summed E-state index contributed by atoms with van der Waals surface area (Å²) in [6.45, 7) is 4.05. The Hall–Kier alpha value is -2.21.